The fraction of sp³-hybridized carbons (Fsp3) is 0.250. The number of morpholine rings is 1. The van der Waals surface area contributed by atoms with Crippen molar-refractivity contribution >= 4 is 50.8 Å². The Labute approximate surface area is 238 Å². The molecule has 0 aliphatic carbocycles. The van der Waals surface area contributed by atoms with Gasteiger partial charge in [-0.2, -0.15) is 0 Å². The van der Waals surface area contributed by atoms with Crippen LogP contribution in [0.3, 0.4) is 0 Å². The summed E-state index contributed by atoms with van der Waals surface area (Å²) in [6, 6.07) is 16.5. The van der Waals surface area contributed by atoms with E-state index in [1.807, 2.05) is 13.1 Å². The van der Waals surface area contributed by atoms with Gasteiger partial charge in [0.05, 0.1) is 42.5 Å². The van der Waals surface area contributed by atoms with Crippen LogP contribution in [0, 0.1) is 6.92 Å². The van der Waals surface area contributed by atoms with Crippen LogP contribution < -0.4 is 15.8 Å². The number of nitrogens with zero attached hydrogens (tertiary/aromatic N) is 3. The number of anilines is 2. The molecular weight excluding hydrogens is 582 g/mol. The summed E-state index contributed by atoms with van der Waals surface area (Å²) in [5.41, 5.74) is 5.57. The van der Waals surface area contributed by atoms with Crippen LogP contribution >= 0.6 is 39.5 Å². The maximum absolute atomic E-state index is 12.6. The van der Waals surface area contributed by atoms with E-state index in [9.17, 15) is 4.79 Å². The van der Waals surface area contributed by atoms with E-state index in [1.165, 1.54) is 14.7 Å². The van der Waals surface area contributed by atoms with Gasteiger partial charge in [-0.1, -0.05) is 51.6 Å². The number of H-pyrrole nitrogens is 1. The van der Waals surface area contributed by atoms with E-state index in [-0.39, 0.29) is 11.6 Å². The Morgan fingerprint density at radius 3 is 2.76 bits per heavy atom. The number of nitrogens with one attached hydrogen (secondary N) is 2. The average molecular weight is 609 g/mol. The van der Waals surface area contributed by atoms with Crippen molar-refractivity contribution in [3.63, 3.8) is 0 Å². The molecule has 194 valence electrons. The second-order valence-electron chi connectivity index (χ2n) is 9.15. The largest absolute Gasteiger partial charge is 0.378 e. The highest BCUT2D eigenvalue weighted by Gasteiger charge is 2.23. The van der Waals surface area contributed by atoms with Crippen molar-refractivity contribution in [3.8, 4) is 11.3 Å². The normalized spacial score (nSPS) is 15.5. The summed E-state index contributed by atoms with van der Waals surface area (Å²) in [6.07, 6.45) is 3.58. The molecule has 6 rings (SSSR count). The SMILES string of the molecule is Cc1cncc(C(CBr)Nc2ccc3c(c2)Sc2cccc(-c4cc(N5CCOCC5)cc(=O)[nH]4)c2S3)n1. The van der Waals surface area contributed by atoms with Gasteiger partial charge < -0.3 is 19.9 Å². The third-order valence-corrected chi connectivity index (χ3v) is 9.72. The van der Waals surface area contributed by atoms with E-state index in [0.717, 1.165) is 57.3 Å². The predicted molar refractivity (Wildman–Crippen MR) is 157 cm³/mol. The summed E-state index contributed by atoms with van der Waals surface area (Å²) >= 11 is 7.12. The summed E-state index contributed by atoms with van der Waals surface area (Å²) in [6.45, 7) is 4.89. The molecule has 0 saturated carbocycles. The lowest BCUT2D eigenvalue weighted by molar-refractivity contribution is 0.122. The van der Waals surface area contributed by atoms with Crippen molar-refractivity contribution in [3.05, 3.63) is 82.7 Å². The first kappa shape index (κ1) is 25.5. The fourth-order valence-corrected chi connectivity index (χ4v) is 7.53. The number of alkyl halides is 1. The van der Waals surface area contributed by atoms with Gasteiger partial charge in [-0.05, 0) is 37.3 Å². The molecule has 1 saturated heterocycles. The first-order valence-electron chi connectivity index (χ1n) is 12.4. The molecule has 0 radical (unpaired) electrons. The van der Waals surface area contributed by atoms with E-state index in [4.69, 9.17) is 4.74 Å². The molecule has 2 aromatic carbocycles. The van der Waals surface area contributed by atoms with E-state index in [0.29, 0.717) is 13.2 Å². The van der Waals surface area contributed by atoms with E-state index in [1.54, 1.807) is 35.8 Å². The third-order valence-electron chi connectivity index (χ3n) is 6.48. The monoisotopic (exact) mass is 607 g/mol. The molecule has 38 heavy (non-hydrogen) atoms. The Morgan fingerprint density at radius 1 is 1.08 bits per heavy atom. The second kappa shape index (κ2) is 11.1. The molecule has 1 atom stereocenters. The Bertz CT molecular complexity index is 1540. The lowest BCUT2D eigenvalue weighted by Gasteiger charge is -2.29. The molecule has 2 N–H and O–H groups in total. The van der Waals surface area contributed by atoms with Gasteiger partial charge in [0.15, 0.2) is 0 Å². The number of rotatable bonds is 6. The first-order valence-corrected chi connectivity index (χ1v) is 15.1. The molecule has 1 fully saturated rings. The minimum atomic E-state index is -0.0918. The van der Waals surface area contributed by atoms with Crippen LogP contribution in [0.1, 0.15) is 17.4 Å². The number of fused-ring (bicyclic) bond motifs is 2. The molecule has 2 aliphatic rings. The number of hydrogen-bond donors (Lipinski definition) is 2. The first-order chi connectivity index (χ1) is 18.6. The Kier molecular flexibility index (Phi) is 7.47. The zero-order valence-electron chi connectivity index (χ0n) is 20.7. The molecule has 0 spiro atoms. The van der Waals surface area contributed by atoms with Crippen LogP contribution in [-0.2, 0) is 4.74 Å². The van der Waals surface area contributed by atoms with Gasteiger partial charge in [-0.15, -0.1) is 0 Å². The molecule has 0 bridgehead atoms. The van der Waals surface area contributed by atoms with Crippen LogP contribution in [0.15, 0.2) is 85.3 Å². The Hall–Kier alpha value is -2.79. The minimum Gasteiger partial charge on any atom is -0.378 e. The number of aryl methyl sites for hydroxylation is 1. The van der Waals surface area contributed by atoms with Gasteiger partial charge in [0, 0.05) is 67.2 Å². The van der Waals surface area contributed by atoms with E-state index in [2.05, 4.69) is 83.6 Å². The van der Waals surface area contributed by atoms with Crippen molar-refractivity contribution in [1.82, 2.24) is 15.0 Å². The molecule has 2 aromatic heterocycles. The number of halogens is 1. The molecule has 0 amide bonds. The molecular formula is C28H26BrN5O2S2. The van der Waals surface area contributed by atoms with E-state index < -0.39 is 0 Å². The van der Waals surface area contributed by atoms with Crippen LogP contribution in [-0.4, -0.2) is 46.6 Å². The van der Waals surface area contributed by atoms with Crippen molar-refractivity contribution in [1.29, 1.82) is 0 Å². The molecule has 7 nitrogen and oxygen atoms in total. The Morgan fingerprint density at radius 2 is 1.95 bits per heavy atom. The molecule has 4 aromatic rings. The lowest BCUT2D eigenvalue weighted by atomic mass is 10.1. The minimum absolute atomic E-state index is 0.0103. The van der Waals surface area contributed by atoms with Crippen molar-refractivity contribution < 1.29 is 4.74 Å². The van der Waals surface area contributed by atoms with Crippen LogP contribution in [0.25, 0.3) is 11.3 Å². The standard InChI is InChI=1S/C28H26BrN5O2S2/c1-17-15-30-16-23(31-17)22(14-29)32-18-5-6-24-26(11-18)37-25-4-2-3-20(28(25)38-24)21-12-19(13-27(35)33-21)34-7-9-36-10-8-34/h2-6,11-13,15-16,22,32H,7-10,14H2,1H3,(H,33,35). The van der Waals surface area contributed by atoms with Crippen molar-refractivity contribution in [2.45, 2.75) is 32.5 Å². The number of ether oxygens (including phenoxy) is 1. The summed E-state index contributed by atoms with van der Waals surface area (Å²) in [7, 11) is 0. The maximum atomic E-state index is 12.6. The quantitative estimate of drug-likeness (QED) is 0.223. The van der Waals surface area contributed by atoms with Crippen molar-refractivity contribution in [2.75, 3.05) is 41.9 Å². The number of aromatic amines is 1. The van der Waals surface area contributed by atoms with Gasteiger partial charge in [0.2, 0.25) is 5.56 Å². The smallest absolute Gasteiger partial charge is 0.250 e. The highest BCUT2D eigenvalue weighted by atomic mass is 79.9. The van der Waals surface area contributed by atoms with Crippen LogP contribution in [0.2, 0.25) is 0 Å². The van der Waals surface area contributed by atoms with Gasteiger partial charge in [-0.3, -0.25) is 14.8 Å². The number of aromatic nitrogens is 3. The summed E-state index contributed by atoms with van der Waals surface area (Å²) in [4.78, 5) is 31.6. The number of benzene rings is 2. The van der Waals surface area contributed by atoms with Gasteiger partial charge in [0.1, 0.15) is 0 Å². The number of hydrogen-bond acceptors (Lipinski definition) is 8. The summed E-state index contributed by atoms with van der Waals surface area (Å²) < 4.78 is 5.49. The molecule has 10 heteroatoms. The van der Waals surface area contributed by atoms with E-state index >= 15 is 0 Å². The van der Waals surface area contributed by atoms with Gasteiger partial charge in [-0.25, -0.2) is 0 Å². The topological polar surface area (TPSA) is 83.1 Å². The van der Waals surface area contributed by atoms with Gasteiger partial charge >= 0.3 is 0 Å². The average Bonchev–Trinajstić information content (AvgIpc) is 2.94. The zero-order valence-corrected chi connectivity index (χ0v) is 24.0. The second-order valence-corrected chi connectivity index (χ2v) is 11.9. The highest BCUT2D eigenvalue weighted by molar-refractivity contribution is 9.09. The summed E-state index contributed by atoms with van der Waals surface area (Å²) in [5.74, 6) is 0. The number of pyridine rings is 1. The molecule has 1 unspecified atom stereocenters. The summed E-state index contributed by atoms with van der Waals surface area (Å²) in [5, 5.41) is 4.32. The predicted octanol–water partition coefficient (Wildman–Crippen LogP) is 6.14. The van der Waals surface area contributed by atoms with Crippen LogP contribution in [0.5, 0.6) is 0 Å². The van der Waals surface area contributed by atoms with Crippen molar-refractivity contribution in [2.24, 2.45) is 0 Å². The van der Waals surface area contributed by atoms with Crippen LogP contribution in [0.4, 0.5) is 11.4 Å². The maximum Gasteiger partial charge on any atom is 0.250 e. The fourth-order valence-electron chi connectivity index (χ4n) is 4.63. The van der Waals surface area contributed by atoms with Gasteiger partial charge in [0.25, 0.3) is 0 Å². The Balaban J connectivity index is 1.28. The molecule has 2 aliphatic heterocycles. The molecule has 4 heterocycles. The highest BCUT2D eigenvalue weighted by Crippen LogP contribution is 2.52. The lowest BCUT2D eigenvalue weighted by Crippen LogP contribution is -2.36. The zero-order chi connectivity index (χ0) is 26.1. The third kappa shape index (κ3) is 5.36.